The zero-order valence-electron chi connectivity index (χ0n) is 13.8. The van der Waals surface area contributed by atoms with Crippen molar-refractivity contribution in [1.82, 2.24) is 15.0 Å². The van der Waals surface area contributed by atoms with E-state index >= 15 is 0 Å². The highest BCUT2D eigenvalue weighted by molar-refractivity contribution is 5.88. The normalized spacial score (nSPS) is 10.2. The monoisotopic (exact) mass is 347 g/mol. The van der Waals surface area contributed by atoms with Crippen molar-refractivity contribution in [1.29, 1.82) is 0 Å². The van der Waals surface area contributed by atoms with Crippen LogP contribution >= 0.6 is 0 Å². The third kappa shape index (κ3) is 5.09. The highest BCUT2D eigenvalue weighted by Gasteiger charge is 2.11. The molecule has 0 bridgehead atoms. The molecule has 0 aliphatic rings. The van der Waals surface area contributed by atoms with Gasteiger partial charge in [0, 0.05) is 25.5 Å². The van der Waals surface area contributed by atoms with E-state index in [1.54, 1.807) is 18.9 Å². The summed E-state index contributed by atoms with van der Waals surface area (Å²) in [5, 5.41) is 10.5. The average Bonchev–Trinajstić information content (AvgIpc) is 2.62. The fourth-order valence-corrected chi connectivity index (χ4v) is 1.80. The molecule has 0 saturated carbocycles. The molecule has 0 aliphatic heterocycles. The summed E-state index contributed by atoms with van der Waals surface area (Å²) in [7, 11) is 1.77. The molecule has 2 rings (SSSR count). The van der Waals surface area contributed by atoms with Crippen molar-refractivity contribution in [3.63, 3.8) is 0 Å². The lowest BCUT2D eigenvalue weighted by molar-refractivity contribution is -0.389. The van der Waals surface area contributed by atoms with Crippen LogP contribution in [0.2, 0.25) is 0 Å². The van der Waals surface area contributed by atoms with Crippen LogP contribution in [0, 0.1) is 10.1 Å². The van der Waals surface area contributed by atoms with Gasteiger partial charge in [0.1, 0.15) is 6.61 Å². The molecule has 0 saturated heterocycles. The average molecular weight is 347 g/mol. The molecule has 0 amide bonds. The number of rotatable bonds is 8. The quantitative estimate of drug-likeness (QED) is 0.397. The molecular weight excluding hydrogens is 330 g/mol. The third-order valence-electron chi connectivity index (χ3n) is 3.09. The van der Waals surface area contributed by atoms with Crippen LogP contribution in [0.1, 0.15) is 17.3 Å². The third-order valence-corrected chi connectivity index (χ3v) is 3.09. The first kappa shape index (κ1) is 18.0. The van der Waals surface area contributed by atoms with Crippen LogP contribution < -0.4 is 9.64 Å². The summed E-state index contributed by atoms with van der Waals surface area (Å²) in [6.07, 6.45) is 4.10. The molecule has 0 radical (unpaired) electrons. The number of aromatic nitrogens is 3. The van der Waals surface area contributed by atoms with Crippen LogP contribution in [0.4, 0.5) is 11.8 Å². The Balaban J connectivity index is 1.84. The Hall–Kier alpha value is -3.30. The van der Waals surface area contributed by atoms with E-state index in [0.717, 1.165) is 0 Å². The Labute approximate surface area is 143 Å². The smallest absolute Gasteiger partial charge is 0.363 e. The summed E-state index contributed by atoms with van der Waals surface area (Å²) in [5.74, 6) is 0.154. The number of carbonyl (C=O) groups excluding carboxylic acids is 1. The van der Waals surface area contributed by atoms with E-state index in [9.17, 15) is 14.9 Å². The fourth-order valence-electron chi connectivity index (χ4n) is 1.80. The number of ether oxygens (including phenoxy) is 2. The second-order valence-corrected chi connectivity index (χ2v) is 4.87. The predicted octanol–water partition coefficient (Wildman–Crippen LogP) is 1.47. The Morgan fingerprint density at radius 3 is 2.52 bits per heavy atom. The first-order chi connectivity index (χ1) is 12.0. The van der Waals surface area contributed by atoms with E-state index in [-0.39, 0.29) is 18.0 Å². The lowest BCUT2D eigenvalue weighted by Crippen LogP contribution is -2.25. The predicted molar refractivity (Wildman–Crippen MR) is 87.6 cm³/mol. The molecule has 0 atom stereocenters. The Morgan fingerprint density at radius 1 is 1.24 bits per heavy atom. The molecule has 25 heavy (non-hydrogen) atoms. The highest BCUT2D eigenvalue weighted by atomic mass is 16.6. The zero-order valence-corrected chi connectivity index (χ0v) is 13.8. The summed E-state index contributed by atoms with van der Waals surface area (Å²) >= 11 is 0. The Morgan fingerprint density at radius 2 is 1.96 bits per heavy atom. The minimum atomic E-state index is -0.575. The van der Waals surface area contributed by atoms with E-state index in [4.69, 9.17) is 9.47 Å². The summed E-state index contributed by atoms with van der Waals surface area (Å²) in [4.78, 5) is 35.1. The standard InChI is InChI=1S/C15H17N5O5/c1-3-24-14(21)11-8-17-15(18-9-11)19(2)6-7-25-12-4-5-13(16-10-12)20(22)23/h4-5,8-10H,3,6-7H2,1-2H3. The molecule has 132 valence electrons. The van der Waals surface area contributed by atoms with E-state index in [2.05, 4.69) is 15.0 Å². The van der Waals surface area contributed by atoms with Gasteiger partial charge in [-0.1, -0.05) is 0 Å². The van der Waals surface area contributed by atoms with Crippen molar-refractivity contribution in [2.75, 3.05) is 31.7 Å². The maximum atomic E-state index is 11.5. The number of esters is 1. The minimum Gasteiger partial charge on any atom is -0.488 e. The molecule has 2 aromatic heterocycles. The second kappa shape index (κ2) is 8.52. The first-order valence-corrected chi connectivity index (χ1v) is 7.44. The van der Waals surface area contributed by atoms with Crippen molar-refractivity contribution in [2.45, 2.75) is 6.92 Å². The van der Waals surface area contributed by atoms with Crippen molar-refractivity contribution in [3.05, 3.63) is 46.4 Å². The van der Waals surface area contributed by atoms with Crippen molar-refractivity contribution >= 4 is 17.7 Å². The summed E-state index contributed by atoms with van der Waals surface area (Å²) < 4.78 is 10.3. The van der Waals surface area contributed by atoms with Crippen LogP contribution in [0.25, 0.3) is 0 Å². The molecule has 2 aromatic rings. The molecule has 10 nitrogen and oxygen atoms in total. The van der Waals surface area contributed by atoms with Gasteiger partial charge in [0.2, 0.25) is 5.95 Å². The highest BCUT2D eigenvalue weighted by Crippen LogP contribution is 2.13. The minimum absolute atomic E-state index is 0.237. The topological polar surface area (TPSA) is 121 Å². The molecule has 0 unspecified atom stereocenters. The SMILES string of the molecule is CCOC(=O)c1cnc(N(C)CCOc2ccc([N+](=O)[O-])nc2)nc1. The fraction of sp³-hybridized carbons (Fsp3) is 0.333. The van der Waals surface area contributed by atoms with Gasteiger partial charge in [-0.15, -0.1) is 0 Å². The van der Waals surface area contributed by atoms with Crippen LogP contribution in [0.3, 0.4) is 0 Å². The lowest BCUT2D eigenvalue weighted by Gasteiger charge is -2.16. The molecular formula is C15H17N5O5. The van der Waals surface area contributed by atoms with Gasteiger partial charge in [-0.25, -0.2) is 14.8 Å². The van der Waals surface area contributed by atoms with Gasteiger partial charge in [-0.2, -0.15) is 0 Å². The van der Waals surface area contributed by atoms with Crippen molar-refractivity contribution < 1.29 is 19.2 Å². The molecule has 0 aliphatic carbocycles. The van der Waals surface area contributed by atoms with E-state index < -0.39 is 10.9 Å². The second-order valence-electron chi connectivity index (χ2n) is 4.87. The largest absolute Gasteiger partial charge is 0.488 e. The Bertz CT molecular complexity index is 720. The van der Waals surface area contributed by atoms with Gasteiger partial charge < -0.3 is 24.5 Å². The first-order valence-electron chi connectivity index (χ1n) is 7.44. The van der Waals surface area contributed by atoms with Gasteiger partial charge in [0.25, 0.3) is 0 Å². The molecule has 10 heteroatoms. The van der Waals surface area contributed by atoms with E-state index in [0.29, 0.717) is 24.8 Å². The maximum absolute atomic E-state index is 11.5. The van der Waals surface area contributed by atoms with Crippen LogP contribution in [-0.2, 0) is 4.74 Å². The number of likely N-dealkylation sites (N-methyl/N-ethyl adjacent to an activating group) is 1. The molecule has 0 spiro atoms. The molecule has 0 fully saturated rings. The zero-order chi connectivity index (χ0) is 18.2. The number of anilines is 1. The van der Waals surface area contributed by atoms with Crippen molar-refractivity contribution in [2.24, 2.45) is 0 Å². The number of pyridine rings is 1. The number of nitro groups is 1. The maximum Gasteiger partial charge on any atom is 0.363 e. The number of hydrogen-bond donors (Lipinski definition) is 0. The van der Waals surface area contributed by atoms with Crippen LogP contribution in [0.15, 0.2) is 30.7 Å². The molecule has 0 aromatic carbocycles. The van der Waals surface area contributed by atoms with Gasteiger partial charge in [0.15, 0.2) is 11.9 Å². The number of nitrogens with zero attached hydrogens (tertiary/aromatic N) is 5. The van der Waals surface area contributed by atoms with Gasteiger partial charge in [0.05, 0.1) is 18.7 Å². The van der Waals surface area contributed by atoms with Gasteiger partial charge >= 0.3 is 11.8 Å². The van der Waals surface area contributed by atoms with Crippen molar-refractivity contribution in [3.8, 4) is 5.75 Å². The van der Waals surface area contributed by atoms with Gasteiger partial charge in [-0.05, 0) is 22.9 Å². The number of hydrogen-bond acceptors (Lipinski definition) is 9. The van der Waals surface area contributed by atoms with Gasteiger partial charge in [-0.3, -0.25) is 0 Å². The summed E-state index contributed by atoms with van der Waals surface area (Å²) in [5.41, 5.74) is 0.284. The van der Waals surface area contributed by atoms with Crippen LogP contribution in [0.5, 0.6) is 5.75 Å². The summed E-state index contributed by atoms with van der Waals surface area (Å²) in [6, 6.07) is 2.76. The van der Waals surface area contributed by atoms with E-state index in [1.807, 2.05) is 0 Å². The lowest BCUT2D eigenvalue weighted by atomic mass is 10.3. The molecule has 0 N–H and O–H groups in total. The Kier molecular flexibility index (Phi) is 6.15. The molecule has 2 heterocycles. The van der Waals surface area contributed by atoms with E-state index in [1.165, 1.54) is 30.7 Å². The summed E-state index contributed by atoms with van der Waals surface area (Å²) in [6.45, 7) is 2.78. The van der Waals surface area contributed by atoms with Crippen LogP contribution in [-0.4, -0.2) is 52.7 Å². The number of carbonyl (C=O) groups is 1.